The number of carboxylic acid groups (broad SMARTS) is 1. The van der Waals surface area contributed by atoms with Crippen LogP contribution in [0.2, 0.25) is 5.02 Å². The minimum atomic E-state index is -1.19. The molecule has 0 bridgehead atoms. The van der Waals surface area contributed by atoms with Crippen LogP contribution in [0.4, 0.5) is 0 Å². The molecule has 1 aromatic heterocycles. The quantitative estimate of drug-likeness (QED) is 0.804. The third-order valence-electron chi connectivity index (χ3n) is 2.95. The number of halogens is 1. The van der Waals surface area contributed by atoms with Crippen LogP contribution < -0.4 is 5.32 Å². The first-order chi connectivity index (χ1) is 9.40. The molecule has 7 nitrogen and oxygen atoms in total. The number of carbonyl (C=O) groups excluding carboxylic acids is 2. The van der Waals surface area contributed by atoms with Crippen LogP contribution in [-0.2, 0) is 9.59 Å². The van der Waals surface area contributed by atoms with E-state index >= 15 is 0 Å². The van der Waals surface area contributed by atoms with Gasteiger partial charge in [-0.05, 0) is 13.0 Å². The van der Waals surface area contributed by atoms with Crippen molar-refractivity contribution in [2.45, 2.75) is 13.0 Å². The summed E-state index contributed by atoms with van der Waals surface area (Å²) in [5, 5.41) is 11.7. The lowest BCUT2D eigenvalue weighted by Gasteiger charge is -2.32. The topological polar surface area (TPSA) is 99.6 Å². The Kier molecular flexibility index (Phi) is 3.89. The predicted octanol–water partition coefficient (Wildman–Crippen LogP) is 0.0686. The fourth-order valence-corrected chi connectivity index (χ4v) is 2.20. The van der Waals surface area contributed by atoms with Crippen LogP contribution in [0.15, 0.2) is 12.3 Å². The molecule has 2 heterocycles. The Labute approximate surface area is 119 Å². The molecule has 20 heavy (non-hydrogen) atoms. The van der Waals surface area contributed by atoms with E-state index in [1.165, 1.54) is 12.3 Å². The smallest absolute Gasteiger partial charge is 0.328 e. The molecule has 1 fully saturated rings. The van der Waals surface area contributed by atoms with Gasteiger partial charge in [0.15, 0.2) is 0 Å². The monoisotopic (exact) mass is 297 g/mol. The molecule has 0 aliphatic carbocycles. The van der Waals surface area contributed by atoms with Gasteiger partial charge in [0, 0.05) is 18.4 Å². The van der Waals surface area contributed by atoms with Crippen molar-refractivity contribution in [2.75, 3.05) is 13.1 Å². The van der Waals surface area contributed by atoms with Gasteiger partial charge < -0.3 is 15.3 Å². The van der Waals surface area contributed by atoms with Crippen LogP contribution in [-0.4, -0.2) is 51.9 Å². The first-order valence-electron chi connectivity index (χ1n) is 5.82. The first kappa shape index (κ1) is 14.3. The van der Waals surface area contributed by atoms with Crippen molar-refractivity contribution >= 4 is 29.4 Å². The Balaban J connectivity index is 2.33. The number of aromatic nitrogens is 1. The predicted molar refractivity (Wildman–Crippen MR) is 69.5 cm³/mol. The van der Waals surface area contributed by atoms with E-state index in [0.29, 0.717) is 5.69 Å². The van der Waals surface area contributed by atoms with E-state index < -0.39 is 23.8 Å². The zero-order valence-corrected chi connectivity index (χ0v) is 11.3. The normalized spacial score (nSPS) is 18.6. The van der Waals surface area contributed by atoms with E-state index in [2.05, 4.69) is 10.3 Å². The second-order valence-corrected chi connectivity index (χ2v) is 4.80. The van der Waals surface area contributed by atoms with Crippen LogP contribution in [0.1, 0.15) is 16.1 Å². The van der Waals surface area contributed by atoms with Crippen LogP contribution >= 0.6 is 11.6 Å². The SMILES string of the molecule is Cc1cc(Cl)c(C(=O)N2CC(=O)NCC2C(=O)O)cn1. The second-order valence-electron chi connectivity index (χ2n) is 4.40. The van der Waals surface area contributed by atoms with Gasteiger partial charge in [0.1, 0.15) is 12.6 Å². The lowest BCUT2D eigenvalue weighted by Crippen LogP contribution is -2.59. The zero-order valence-electron chi connectivity index (χ0n) is 10.6. The number of pyridine rings is 1. The molecule has 1 aliphatic rings. The number of nitrogens with one attached hydrogen (secondary N) is 1. The molecule has 0 saturated carbocycles. The molecule has 1 unspecified atom stereocenters. The van der Waals surface area contributed by atoms with Gasteiger partial charge in [0.25, 0.3) is 5.91 Å². The fourth-order valence-electron chi connectivity index (χ4n) is 1.91. The highest BCUT2D eigenvalue weighted by Gasteiger charge is 2.36. The molecule has 2 rings (SSSR count). The lowest BCUT2D eigenvalue weighted by atomic mass is 10.1. The number of piperazine rings is 1. The molecular formula is C12H12ClN3O4. The summed E-state index contributed by atoms with van der Waals surface area (Å²) < 4.78 is 0. The number of aliphatic carboxylic acids is 1. The Morgan fingerprint density at radius 3 is 2.85 bits per heavy atom. The Bertz CT molecular complexity index is 590. The van der Waals surface area contributed by atoms with Crippen molar-refractivity contribution in [1.29, 1.82) is 0 Å². The Morgan fingerprint density at radius 2 is 2.25 bits per heavy atom. The van der Waals surface area contributed by atoms with Gasteiger partial charge in [-0.15, -0.1) is 0 Å². The molecule has 1 aromatic rings. The molecule has 1 atom stereocenters. The maximum atomic E-state index is 12.4. The third kappa shape index (κ3) is 2.72. The van der Waals surface area contributed by atoms with Crippen molar-refractivity contribution in [1.82, 2.24) is 15.2 Å². The molecule has 106 valence electrons. The van der Waals surface area contributed by atoms with Gasteiger partial charge in [-0.2, -0.15) is 0 Å². The largest absolute Gasteiger partial charge is 0.480 e. The number of carbonyl (C=O) groups is 3. The van der Waals surface area contributed by atoms with E-state index in [0.717, 1.165) is 4.90 Å². The number of aryl methyl sites for hydroxylation is 1. The molecule has 2 N–H and O–H groups in total. The average molecular weight is 298 g/mol. The van der Waals surface area contributed by atoms with Gasteiger partial charge in [0.05, 0.1) is 10.6 Å². The summed E-state index contributed by atoms with van der Waals surface area (Å²) in [5.74, 6) is -2.22. The molecule has 8 heteroatoms. The van der Waals surface area contributed by atoms with Crippen molar-refractivity contribution in [2.24, 2.45) is 0 Å². The van der Waals surface area contributed by atoms with E-state index in [-0.39, 0.29) is 23.7 Å². The van der Waals surface area contributed by atoms with Crippen LogP contribution in [0.5, 0.6) is 0 Å². The summed E-state index contributed by atoms with van der Waals surface area (Å²) in [7, 11) is 0. The first-order valence-corrected chi connectivity index (χ1v) is 6.20. The van der Waals surface area contributed by atoms with E-state index in [1.807, 2.05) is 0 Å². The molecule has 0 spiro atoms. The van der Waals surface area contributed by atoms with E-state index in [4.69, 9.17) is 16.7 Å². The highest BCUT2D eigenvalue weighted by Crippen LogP contribution is 2.19. The maximum absolute atomic E-state index is 12.4. The molecule has 1 saturated heterocycles. The molecule has 2 amide bonds. The molecule has 0 radical (unpaired) electrons. The minimum Gasteiger partial charge on any atom is -0.480 e. The summed E-state index contributed by atoms with van der Waals surface area (Å²) in [5.41, 5.74) is 0.718. The van der Waals surface area contributed by atoms with Gasteiger partial charge in [-0.25, -0.2) is 4.79 Å². The van der Waals surface area contributed by atoms with E-state index in [1.54, 1.807) is 6.92 Å². The summed E-state index contributed by atoms with van der Waals surface area (Å²) in [6.45, 7) is 1.27. The van der Waals surface area contributed by atoms with Crippen molar-refractivity contribution in [3.63, 3.8) is 0 Å². The van der Waals surface area contributed by atoms with Gasteiger partial charge in [0.2, 0.25) is 5.91 Å². The Morgan fingerprint density at radius 1 is 1.55 bits per heavy atom. The highest BCUT2D eigenvalue weighted by atomic mass is 35.5. The summed E-state index contributed by atoms with van der Waals surface area (Å²) in [4.78, 5) is 39.8. The molecular weight excluding hydrogens is 286 g/mol. The minimum absolute atomic E-state index is 0.0817. The number of rotatable bonds is 2. The van der Waals surface area contributed by atoms with E-state index in [9.17, 15) is 14.4 Å². The van der Waals surface area contributed by atoms with Crippen LogP contribution in [0, 0.1) is 6.92 Å². The number of hydrogen-bond acceptors (Lipinski definition) is 4. The second kappa shape index (κ2) is 5.46. The fraction of sp³-hybridized carbons (Fsp3) is 0.333. The third-order valence-corrected chi connectivity index (χ3v) is 3.26. The summed E-state index contributed by atoms with van der Waals surface area (Å²) in [6, 6.07) is 0.395. The summed E-state index contributed by atoms with van der Waals surface area (Å²) in [6.07, 6.45) is 1.28. The van der Waals surface area contributed by atoms with Crippen molar-refractivity contribution in [3.8, 4) is 0 Å². The standard InChI is InChI=1S/C12H12ClN3O4/c1-6-2-8(13)7(3-14-6)11(18)16-5-10(17)15-4-9(16)12(19)20/h2-3,9H,4-5H2,1H3,(H,15,17)(H,19,20). The molecule has 0 aromatic carbocycles. The van der Waals surface area contributed by atoms with Crippen molar-refractivity contribution < 1.29 is 19.5 Å². The van der Waals surface area contributed by atoms with Gasteiger partial charge >= 0.3 is 5.97 Å². The van der Waals surface area contributed by atoms with Gasteiger partial charge in [-0.1, -0.05) is 11.6 Å². The number of amides is 2. The van der Waals surface area contributed by atoms with Gasteiger partial charge in [-0.3, -0.25) is 14.6 Å². The van der Waals surface area contributed by atoms with Crippen LogP contribution in [0.25, 0.3) is 0 Å². The maximum Gasteiger partial charge on any atom is 0.328 e. The highest BCUT2D eigenvalue weighted by molar-refractivity contribution is 6.33. The Hall–Kier alpha value is -2.15. The number of hydrogen-bond donors (Lipinski definition) is 2. The lowest BCUT2D eigenvalue weighted by molar-refractivity contribution is -0.144. The number of nitrogens with zero attached hydrogens (tertiary/aromatic N) is 2. The summed E-state index contributed by atoms with van der Waals surface area (Å²) >= 11 is 5.97. The molecule has 1 aliphatic heterocycles. The number of carboxylic acids is 1. The van der Waals surface area contributed by atoms with Crippen LogP contribution in [0.3, 0.4) is 0 Å². The van der Waals surface area contributed by atoms with Crippen molar-refractivity contribution in [3.05, 3.63) is 28.5 Å². The zero-order chi connectivity index (χ0) is 14.9. The average Bonchev–Trinajstić information content (AvgIpc) is 2.37.